The molecule has 6 nitrogen and oxygen atoms in total. The molecule has 0 bridgehead atoms. The van der Waals surface area contributed by atoms with Crippen LogP contribution in [-0.4, -0.2) is 34.4 Å². The predicted octanol–water partition coefficient (Wildman–Crippen LogP) is 7.16. The molecular weight excluding hydrogens is 474 g/mol. The summed E-state index contributed by atoms with van der Waals surface area (Å²) in [4.78, 5) is 27.3. The van der Waals surface area contributed by atoms with Gasteiger partial charge in [0.25, 0.3) is 5.91 Å². The van der Waals surface area contributed by atoms with Gasteiger partial charge >= 0.3 is 0 Å². The summed E-state index contributed by atoms with van der Waals surface area (Å²) in [5.74, 6) is 0.108. The third-order valence-electron chi connectivity index (χ3n) is 7.81. The maximum absolute atomic E-state index is 13.6. The molecule has 0 saturated heterocycles. The van der Waals surface area contributed by atoms with Crippen molar-refractivity contribution in [3.63, 3.8) is 0 Å². The van der Waals surface area contributed by atoms with E-state index >= 15 is 0 Å². The van der Waals surface area contributed by atoms with Crippen LogP contribution in [0.4, 0.5) is 5.69 Å². The van der Waals surface area contributed by atoms with Gasteiger partial charge in [0.1, 0.15) is 5.75 Å². The first-order valence-corrected chi connectivity index (χ1v) is 14.1. The maximum atomic E-state index is 13.6. The average Bonchev–Trinajstić information content (AvgIpc) is 3.40. The number of aromatic nitrogens is 1. The summed E-state index contributed by atoms with van der Waals surface area (Å²) in [5, 5.41) is 4.67. The Morgan fingerprint density at radius 1 is 1.05 bits per heavy atom. The number of rotatable bonds is 10. The number of hydrogen-bond acceptors (Lipinski definition) is 4. The van der Waals surface area contributed by atoms with Crippen LogP contribution < -0.4 is 10.1 Å². The normalized spacial score (nSPS) is 16.7. The monoisotopic (exact) mass is 513 g/mol. The van der Waals surface area contributed by atoms with Crippen LogP contribution in [0.1, 0.15) is 89.3 Å². The number of hydrogen-bond donors (Lipinski definition) is 1. The molecule has 3 heterocycles. The van der Waals surface area contributed by atoms with Crippen LogP contribution in [0.15, 0.2) is 59.9 Å². The van der Waals surface area contributed by atoms with E-state index in [4.69, 9.17) is 4.74 Å². The minimum Gasteiger partial charge on any atom is -0.494 e. The topological polar surface area (TPSA) is 63.6 Å². The second-order valence-corrected chi connectivity index (χ2v) is 10.8. The first kappa shape index (κ1) is 26.1. The standard InChI is InChI=1S/C32H39N3O3/c1-5-6-7-8-9-10-18-38-24-16-14-23(15-17-24)29-25-19-34(21(2)3)28-13-11-12-26(30(25)28)33-27-20-35(22(4)36)32(37)31(27)29/h11-17,19,21,29,33H,5-10,18,20H2,1-4H3/t29-/m1/s1. The third kappa shape index (κ3) is 4.84. The Hall–Kier alpha value is -3.54. The summed E-state index contributed by atoms with van der Waals surface area (Å²) in [5.41, 5.74) is 5.68. The fourth-order valence-electron chi connectivity index (χ4n) is 5.83. The molecule has 2 aromatic carbocycles. The van der Waals surface area contributed by atoms with Crippen molar-refractivity contribution in [3.05, 3.63) is 71.1 Å². The van der Waals surface area contributed by atoms with Crippen LogP contribution in [0.25, 0.3) is 10.9 Å². The van der Waals surface area contributed by atoms with E-state index in [0.717, 1.165) is 45.6 Å². The lowest BCUT2D eigenvalue weighted by Gasteiger charge is -2.20. The quantitative estimate of drug-likeness (QED) is 0.292. The Balaban J connectivity index is 1.48. The second kappa shape index (κ2) is 11.1. The summed E-state index contributed by atoms with van der Waals surface area (Å²) >= 11 is 0. The Morgan fingerprint density at radius 3 is 2.50 bits per heavy atom. The zero-order chi connectivity index (χ0) is 26.8. The molecule has 2 amide bonds. The molecule has 0 aliphatic carbocycles. The van der Waals surface area contributed by atoms with Gasteiger partial charge in [0.15, 0.2) is 0 Å². The van der Waals surface area contributed by atoms with Crippen LogP contribution in [0.5, 0.6) is 5.75 Å². The average molecular weight is 514 g/mol. The van der Waals surface area contributed by atoms with Crippen molar-refractivity contribution >= 4 is 28.4 Å². The fraction of sp³-hybridized carbons (Fsp3) is 0.438. The van der Waals surface area contributed by atoms with Crippen LogP contribution >= 0.6 is 0 Å². The molecule has 38 heavy (non-hydrogen) atoms. The van der Waals surface area contributed by atoms with Crippen molar-refractivity contribution in [3.8, 4) is 5.75 Å². The molecule has 0 spiro atoms. The molecule has 1 N–H and O–H groups in total. The maximum Gasteiger partial charge on any atom is 0.259 e. The molecule has 2 aliphatic heterocycles. The summed E-state index contributed by atoms with van der Waals surface area (Å²) in [6.45, 7) is 9.01. The van der Waals surface area contributed by atoms with Gasteiger partial charge in [-0.3, -0.25) is 14.5 Å². The summed E-state index contributed by atoms with van der Waals surface area (Å²) in [7, 11) is 0. The number of ether oxygens (including phenoxy) is 1. The van der Waals surface area contributed by atoms with Crippen molar-refractivity contribution in [1.29, 1.82) is 0 Å². The van der Waals surface area contributed by atoms with Gasteiger partial charge in [-0.25, -0.2) is 0 Å². The van der Waals surface area contributed by atoms with E-state index in [9.17, 15) is 9.59 Å². The summed E-state index contributed by atoms with van der Waals surface area (Å²) < 4.78 is 8.31. The van der Waals surface area contributed by atoms with Crippen LogP contribution in [-0.2, 0) is 9.59 Å². The minimum atomic E-state index is -0.284. The number of unbranched alkanes of at least 4 members (excludes halogenated alkanes) is 5. The third-order valence-corrected chi connectivity index (χ3v) is 7.81. The second-order valence-electron chi connectivity index (χ2n) is 10.8. The van der Waals surface area contributed by atoms with E-state index in [2.05, 4.69) is 61.1 Å². The van der Waals surface area contributed by atoms with Gasteiger partial charge in [0, 0.05) is 41.9 Å². The Bertz CT molecular complexity index is 1370. The van der Waals surface area contributed by atoms with Crippen LogP contribution in [0.3, 0.4) is 0 Å². The zero-order valence-corrected chi connectivity index (χ0v) is 23.0. The van der Waals surface area contributed by atoms with E-state index in [1.54, 1.807) is 0 Å². The predicted molar refractivity (Wildman–Crippen MR) is 153 cm³/mol. The van der Waals surface area contributed by atoms with E-state index in [1.807, 2.05) is 18.2 Å². The molecule has 0 fully saturated rings. The number of carbonyl (C=O) groups is 2. The lowest BCUT2D eigenvalue weighted by Crippen LogP contribution is -2.33. The van der Waals surface area contributed by atoms with E-state index in [-0.39, 0.29) is 30.3 Å². The minimum absolute atomic E-state index is 0.216. The van der Waals surface area contributed by atoms with Crippen molar-refractivity contribution < 1.29 is 14.3 Å². The zero-order valence-electron chi connectivity index (χ0n) is 23.0. The molecular formula is C32H39N3O3. The van der Waals surface area contributed by atoms with Gasteiger partial charge in [-0.05, 0) is 55.7 Å². The highest BCUT2D eigenvalue weighted by molar-refractivity contribution is 6.11. The Kier molecular flexibility index (Phi) is 7.59. The molecule has 0 unspecified atom stereocenters. The van der Waals surface area contributed by atoms with Gasteiger partial charge in [-0.15, -0.1) is 0 Å². The molecule has 1 aromatic heterocycles. The van der Waals surface area contributed by atoms with Gasteiger partial charge in [-0.2, -0.15) is 0 Å². The number of imide groups is 1. The van der Waals surface area contributed by atoms with Crippen LogP contribution in [0.2, 0.25) is 0 Å². The molecule has 0 saturated carbocycles. The smallest absolute Gasteiger partial charge is 0.259 e. The van der Waals surface area contributed by atoms with E-state index in [0.29, 0.717) is 12.2 Å². The molecule has 2 aliphatic rings. The highest BCUT2D eigenvalue weighted by atomic mass is 16.5. The number of benzene rings is 2. The highest BCUT2D eigenvalue weighted by Crippen LogP contribution is 2.47. The van der Waals surface area contributed by atoms with Gasteiger partial charge in [0.2, 0.25) is 5.91 Å². The summed E-state index contributed by atoms with van der Waals surface area (Å²) in [6, 6.07) is 14.7. The molecule has 6 heteroatoms. The molecule has 1 atom stereocenters. The number of carbonyl (C=O) groups excluding carboxylic acids is 2. The van der Waals surface area contributed by atoms with Gasteiger partial charge < -0.3 is 14.6 Å². The van der Waals surface area contributed by atoms with Crippen molar-refractivity contribution in [2.24, 2.45) is 0 Å². The first-order valence-electron chi connectivity index (χ1n) is 14.1. The Morgan fingerprint density at radius 2 is 1.79 bits per heavy atom. The molecule has 0 radical (unpaired) electrons. The van der Waals surface area contributed by atoms with Crippen LogP contribution in [0, 0.1) is 0 Å². The number of nitrogens with zero attached hydrogens (tertiary/aromatic N) is 2. The number of amides is 2. The molecule has 5 rings (SSSR count). The number of anilines is 1. The molecule has 200 valence electrons. The largest absolute Gasteiger partial charge is 0.494 e. The SMILES string of the molecule is CCCCCCCCOc1ccc([C@H]2C3=C(CN(C(C)=O)C3=O)Nc3cccc4c3c2cn4C(C)C)cc1. The highest BCUT2D eigenvalue weighted by Gasteiger charge is 2.41. The summed E-state index contributed by atoms with van der Waals surface area (Å²) in [6.07, 6.45) is 9.57. The lowest BCUT2D eigenvalue weighted by atomic mass is 9.84. The molecule has 3 aromatic rings. The number of nitrogens with one attached hydrogen (secondary N) is 1. The van der Waals surface area contributed by atoms with Crippen molar-refractivity contribution in [1.82, 2.24) is 9.47 Å². The van der Waals surface area contributed by atoms with Gasteiger partial charge in [-0.1, -0.05) is 57.2 Å². The first-order chi connectivity index (χ1) is 18.4. The van der Waals surface area contributed by atoms with E-state index < -0.39 is 0 Å². The fourth-order valence-corrected chi connectivity index (χ4v) is 5.83. The Labute approximate surface area is 225 Å². The van der Waals surface area contributed by atoms with E-state index in [1.165, 1.54) is 43.9 Å². The van der Waals surface area contributed by atoms with Crippen molar-refractivity contribution in [2.75, 3.05) is 18.5 Å². The van der Waals surface area contributed by atoms with Crippen molar-refractivity contribution in [2.45, 2.75) is 78.2 Å². The van der Waals surface area contributed by atoms with Gasteiger partial charge in [0.05, 0.1) is 24.2 Å². The lowest BCUT2D eigenvalue weighted by molar-refractivity contribution is -0.139.